The van der Waals surface area contributed by atoms with E-state index >= 15 is 0 Å². The molecule has 4 aromatic rings. The molecule has 6 heteroatoms. The van der Waals surface area contributed by atoms with E-state index in [1.54, 1.807) is 30.6 Å². The molecule has 2 aromatic carbocycles. The van der Waals surface area contributed by atoms with Crippen molar-refractivity contribution < 1.29 is 9.90 Å². The maximum atomic E-state index is 11.2. The van der Waals surface area contributed by atoms with Crippen LogP contribution in [0, 0.1) is 0 Å². The van der Waals surface area contributed by atoms with Crippen LogP contribution in [0.2, 0.25) is 0 Å². The van der Waals surface area contributed by atoms with Crippen molar-refractivity contribution in [3.8, 4) is 22.5 Å². The van der Waals surface area contributed by atoms with Crippen LogP contribution in [0.25, 0.3) is 33.4 Å². The van der Waals surface area contributed by atoms with Crippen molar-refractivity contribution in [2.75, 3.05) is 12.4 Å². The van der Waals surface area contributed by atoms with Crippen molar-refractivity contribution in [3.63, 3.8) is 0 Å². The molecule has 0 saturated carbocycles. The fourth-order valence-electron chi connectivity index (χ4n) is 2.95. The number of carbonyl (C=O) groups is 1. The highest BCUT2D eigenvalue weighted by Crippen LogP contribution is 2.29. The lowest BCUT2D eigenvalue weighted by Gasteiger charge is -2.10. The summed E-state index contributed by atoms with van der Waals surface area (Å²) >= 11 is 0. The van der Waals surface area contributed by atoms with Crippen LogP contribution in [0.4, 0.5) is 5.82 Å². The van der Waals surface area contributed by atoms with Gasteiger partial charge in [-0.1, -0.05) is 18.2 Å². The number of rotatable bonds is 4. The van der Waals surface area contributed by atoms with Crippen molar-refractivity contribution in [1.29, 1.82) is 0 Å². The Labute approximate surface area is 155 Å². The molecule has 0 radical (unpaired) electrons. The number of benzene rings is 2. The number of pyridine rings is 1. The molecule has 2 heterocycles. The van der Waals surface area contributed by atoms with Crippen molar-refractivity contribution in [1.82, 2.24) is 15.0 Å². The SMILES string of the molecule is CNc1nc(-c2cccnc2)nc2ccc(-c3cccc(C(=O)O)c3)cc12. The Bertz CT molecular complexity index is 1140. The number of carboxylic acids is 1. The molecule has 6 nitrogen and oxygen atoms in total. The lowest BCUT2D eigenvalue weighted by Crippen LogP contribution is -1.99. The molecule has 2 N–H and O–H groups in total. The summed E-state index contributed by atoms with van der Waals surface area (Å²) in [5.41, 5.74) is 3.63. The number of hydrogen-bond donors (Lipinski definition) is 2. The summed E-state index contributed by atoms with van der Waals surface area (Å²) in [6, 6.07) is 16.4. The molecule has 0 amide bonds. The van der Waals surface area contributed by atoms with Crippen LogP contribution in [0.15, 0.2) is 67.0 Å². The van der Waals surface area contributed by atoms with E-state index in [1.807, 2.05) is 43.4 Å². The average Bonchev–Trinajstić information content (AvgIpc) is 2.73. The van der Waals surface area contributed by atoms with E-state index in [4.69, 9.17) is 0 Å². The van der Waals surface area contributed by atoms with Gasteiger partial charge in [-0.05, 0) is 47.5 Å². The van der Waals surface area contributed by atoms with E-state index in [0.717, 1.165) is 27.6 Å². The molecule has 0 saturated heterocycles. The molecule has 132 valence electrons. The normalized spacial score (nSPS) is 10.7. The van der Waals surface area contributed by atoms with Gasteiger partial charge in [-0.15, -0.1) is 0 Å². The molecule has 0 aliphatic heterocycles. The molecule has 0 atom stereocenters. The van der Waals surface area contributed by atoms with Gasteiger partial charge in [0.25, 0.3) is 0 Å². The molecule has 27 heavy (non-hydrogen) atoms. The molecule has 0 aliphatic carbocycles. The molecule has 4 rings (SSSR count). The topological polar surface area (TPSA) is 88.0 Å². The Hall–Kier alpha value is -3.80. The largest absolute Gasteiger partial charge is 0.478 e. The quantitative estimate of drug-likeness (QED) is 0.572. The summed E-state index contributed by atoms with van der Waals surface area (Å²) in [4.78, 5) is 24.6. The van der Waals surface area contributed by atoms with Crippen molar-refractivity contribution in [3.05, 3.63) is 72.6 Å². The van der Waals surface area contributed by atoms with Gasteiger partial charge in [-0.2, -0.15) is 0 Å². The number of fused-ring (bicyclic) bond motifs is 1. The average molecular weight is 356 g/mol. The maximum absolute atomic E-state index is 11.2. The van der Waals surface area contributed by atoms with E-state index in [0.29, 0.717) is 11.6 Å². The summed E-state index contributed by atoms with van der Waals surface area (Å²) in [6.45, 7) is 0. The highest BCUT2D eigenvalue weighted by Gasteiger charge is 2.11. The van der Waals surface area contributed by atoms with E-state index in [9.17, 15) is 9.90 Å². The molecule has 0 aliphatic rings. The molecule has 2 aromatic heterocycles. The fourth-order valence-corrected chi connectivity index (χ4v) is 2.95. The summed E-state index contributed by atoms with van der Waals surface area (Å²) in [5.74, 6) is 0.355. The first-order valence-electron chi connectivity index (χ1n) is 8.39. The van der Waals surface area contributed by atoms with Crippen LogP contribution in [0.1, 0.15) is 10.4 Å². The molecule has 0 spiro atoms. The second kappa shape index (κ2) is 6.84. The lowest BCUT2D eigenvalue weighted by atomic mass is 10.0. The van der Waals surface area contributed by atoms with Crippen LogP contribution >= 0.6 is 0 Å². The lowest BCUT2D eigenvalue weighted by molar-refractivity contribution is 0.0697. The first-order valence-corrected chi connectivity index (χ1v) is 8.39. The van der Waals surface area contributed by atoms with Gasteiger partial charge in [0.1, 0.15) is 5.82 Å². The van der Waals surface area contributed by atoms with Crippen molar-refractivity contribution >= 4 is 22.7 Å². The third kappa shape index (κ3) is 3.20. The highest BCUT2D eigenvalue weighted by atomic mass is 16.4. The number of aromatic nitrogens is 3. The fraction of sp³-hybridized carbons (Fsp3) is 0.0476. The second-order valence-electron chi connectivity index (χ2n) is 6.01. The van der Waals surface area contributed by atoms with Gasteiger partial charge < -0.3 is 10.4 Å². The molecular formula is C21H16N4O2. The summed E-state index contributed by atoms with van der Waals surface area (Å²) in [5, 5.41) is 13.2. The first kappa shape index (κ1) is 16.7. The number of nitrogens with one attached hydrogen (secondary N) is 1. The van der Waals surface area contributed by atoms with Crippen molar-refractivity contribution in [2.45, 2.75) is 0 Å². The van der Waals surface area contributed by atoms with Crippen LogP contribution in [0.3, 0.4) is 0 Å². The van der Waals surface area contributed by atoms with Crippen LogP contribution in [-0.4, -0.2) is 33.1 Å². The van der Waals surface area contributed by atoms with E-state index < -0.39 is 5.97 Å². The van der Waals surface area contributed by atoms with Crippen LogP contribution in [-0.2, 0) is 0 Å². The Morgan fingerprint density at radius 1 is 0.963 bits per heavy atom. The molecule has 0 unspecified atom stereocenters. The summed E-state index contributed by atoms with van der Waals surface area (Å²) in [7, 11) is 1.81. The van der Waals surface area contributed by atoms with Crippen LogP contribution in [0.5, 0.6) is 0 Å². The predicted octanol–water partition coefficient (Wildman–Crippen LogP) is 4.10. The number of hydrogen-bond acceptors (Lipinski definition) is 5. The monoisotopic (exact) mass is 356 g/mol. The van der Waals surface area contributed by atoms with Gasteiger partial charge in [-0.25, -0.2) is 14.8 Å². The van der Waals surface area contributed by atoms with E-state index in [-0.39, 0.29) is 5.56 Å². The Balaban J connectivity index is 1.85. The number of nitrogens with zero attached hydrogens (tertiary/aromatic N) is 3. The summed E-state index contributed by atoms with van der Waals surface area (Å²) in [6.07, 6.45) is 3.44. The molecular weight excluding hydrogens is 340 g/mol. The second-order valence-corrected chi connectivity index (χ2v) is 6.01. The number of carboxylic acid groups (broad SMARTS) is 1. The third-order valence-electron chi connectivity index (χ3n) is 4.30. The number of anilines is 1. The first-order chi connectivity index (χ1) is 13.2. The highest BCUT2D eigenvalue weighted by molar-refractivity contribution is 5.95. The zero-order valence-electron chi connectivity index (χ0n) is 14.5. The smallest absolute Gasteiger partial charge is 0.335 e. The van der Waals surface area contributed by atoms with Gasteiger partial charge in [0.05, 0.1) is 11.1 Å². The minimum atomic E-state index is -0.946. The van der Waals surface area contributed by atoms with Gasteiger partial charge in [0.15, 0.2) is 5.82 Å². The maximum Gasteiger partial charge on any atom is 0.335 e. The Morgan fingerprint density at radius 3 is 2.52 bits per heavy atom. The van der Waals surface area contributed by atoms with E-state index in [2.05, 4.69) is 20.3 Å². The predicted molar refractivity (Wildman–Crippen MR) is 105 cm³/mol. The van der Waals surface area contributed by atoms with Gasteiger partial charge in [0, 0.05) is 30.4 Å². The van der Waals surface area contributed by atoms with Gasteiger partial charge in [0.2, 0.25) is 0 Å². The molecule has 0 fully saturated rings. The van der Waals surface area contributed by atoms with E-state index in [1.165, 1.54) is 0 Å². The standard InChI is InChI=1S/C21H16N4O2/c1-22-20-17-11-14(13-4-2-5-15(10-13)21(26)27)7-8-18(17)24-19(25-20)16-6-3-9-23-12-16/h2-12H,1H3,(H,26,27)(H,22,24,25). The van der Waals surface area contributed by atoms with Crippen molar-refractivity contribution in [2.24, 2.45) is 0 Å². The zero-order chi connectivity index (χ0) is 18.8. The third-order valence-corrected chi connectivity index (χ3v) is 4.30. The Morgan fingerprint density at radius 2 is 1.78 bits per heavy atom. The minimum Gasteiger partial charge on any atom is -0.478 e. The Kier molecular flexibility index (Phi) is 4.22. The van der Waals surface area contributed by atoms with Gasteiger partial charge in [-0.3, -0.25) is 4.98 Å². The number of aromatic carboxylic acids is 1. The minimum absolute atomic E-state index is 0.254. The van der Waals surface area contributed by atoms with Crippen LogP contribution < -0.4 is 5.32 Å². The summed E-state index contributed by atoms with van der Waals surface area (Å²) < 4.78 is 0. The van der Waals surface area contributed by atoms with Gasteiger partial charge >= 0.3 is 5.97 Å². The zero-order valence-corrected chi connectivity index (χ0v) is 14.5. The molecule has 0 bridgehead atoms.